The van der Waals surface area contributed by atoms with E-state index in [1.54, 1.807) is 48.8 Å². The van der Waals surface area contributed by atoms with Crippen molar-refractivity contribution in [2.24, 2.45) is 0 Å². The third-order valence-electron chi connectivity index (χ3n) is 4.75. The van der Waals surface area contributed by atoms with Crippen molar-refractivity contribution < 1.29 is 13.6 Å². The van der Waals surface area contributed by atoms with Gasteiger partial charge in [-0.3, -0.25) is 14.7 Å². The molecule has 0 fully saturated rings. The van der Waals surface area contributed by atoms with Crippen LogP contribution in [0.15, 0.2) is 82.3 Å². The fourth-order valence-electron chi connectivity index (χ4n) is 3.26. The van der Waals surface area contributed by atoms with Gasteiger partial charge in [-0.2, -0.15) is 0 Å². The summed E-state index contributed by atoms with van der Waals surface area (Å²) in [5, 5.41) is 0.986. The van der Waals surface area contributed by atoms with Crippen LogP contribution >= 0.6 is 11.3 Å². The number of fused-ring (bicyclic) bond motifs is 2. The standard InChI is InChI=1S/C23H14FN3O3S/c24-16-7-8-18-20(11-16)31-23(26-18)27(13-14-4-3-9-25-12-14)21(28)17-10-15-5-1-2-6-19(15)30-22(17)29/h1-12H,13H2. The minimum absolute atomic E-state index is 0.104. The molecule has 0 saturated carbocycles. The molecule has 31 heavy (non-hydrogen) atoms. The number of halogens is 1. The number of benzene rings is 2. The normalized spacial score (nSPS) is 11.1. The largest absolute Gasteiger partial charge is 0.422 e. The number of carbonyl (C=O) groups is 1. The Kier molecular flexibility index (Phi) is 4.76. The molecular formula is C23H14FN3O3S. The van der Waals surface area contributed by atoms with E-state index in [0.717, 1.165) is 5.56 Å². The summed E-state index contributed by atoms with van der Waals surface area (Å²) >= 11 is 1.17. The van der Waals surface area contributed by atoms with E-state index in [9.17, 15) is 14.0 Å². The number of thiazole rings is 1. The molecule has 0 bridgehead atoms. The quantitative estimate of drug-likeness (QED) is 0.383. The molecule has 0 N–H and O–H groups in total. The van der Waals surface area contributed by atoms with Gasteiger partial charge in [-0.15, -0.1) is 0 Å². The number of aromatic nitrogens is 2. The van der Waals surface area contributed by atoms with Gasteiger partial charge in [0.05, 0.1) is 16.8 Å². The van der Waals surface area contributed by atoms with Gasteiger partial charge >= 0.3 is 5.63 Å². The summed E-state index contributed by atoms with van der Waals surface area (Å²) in [5.41, 5.74) is 0.890. The fourth-order valence-corrected chi connectivity index (χ4v) is 4.25. The average Bonchev–Trinajstić information content (AvgIpc) is 3.20. The first kappa shape index (κ1) is 19.1. The van der Waals surface area contributed by atoms with Crippen molar-refractivity contribution in [3.05, 3.63) is 100 Å². The van der Waals surface area contributed by atoms with E-state index in [-0.39, 0.29) is 17.9 Å². The Hall–Kier alpha value is -3.91. The molecule has 3 aromatic heterocycles. The van der Waals surface area contributed by atoms with E-state index in [2.05, 4.69) is 9.97 Å². The van der Waals surface area contributed by atoms with Crippen LogP contribution in [-0.4, -0.2) is 15.9 Å². The van der Waals surface area contributed by atoms with Gasteiger partial charge in [0.1, 0.15) is 17.0 Å². The van der Waals surface area contributed by atoms with Gasteiger partial charge in [-0.1, -0.05) is 35.6 Å². The zero-order valence-corrected chi connectivity index (χ0v) is 16.8. The van der Waals surface area contributed by atoms with Crippen molar-refractivity contribution in [3.8, 4) is 0 Å². The van der Waals surface area contributed by atoms with Crippen LogP contribution in [0, 0.1) is 5.82 Å². The third kappa shape index (κ3) is 3.69. The first-order valence-electron chi connectivity index (χ1n) is 9.38. The van der Waals surface area contributed by atoms with Gasteiger partial charge in [0.2, 0.25) is 0 Å². The van der Waals surface area contributed by atoms with Crippen molar-refractivity contribution in [2.75, 3.05) is 4.90 Å². The highest BCUT2D eigenvalue weighted by Gasteiger charge is 2.25. The number of hydrogen-bond acceptors (Lipinski definition) is 6. The lowest BCUT2D eigenvalue weighted by molar-refractivity contribution is 0.0981. The van der Waals surface area contributed by atoms with Gasteiger partial charge in [-0.05, 0) is 42.0 Å². The molecule has 0 aliphatic rings. The maximum absolute atomic E-state index is 13.7. The van der Waals surface area contributed by atoms with E-state index in [0.29, 0.717) is 26.3 Å². The third-order valence-corrected chi connectivity index (χ3v) is 5.79. The fraction of sp³-hybridized carbons (Fsp3) is 0.0435. The van der Waals surface area contributed by atoms with Gasteiger partial charge in [0.15, 0.2) is 5.13 Å². The molecule has 0 aliphatic carbocycles. The Labute approximate surface area is 179 Å². The van der Waals surface area contributed by atoms with Crippen LogP contribution in [0.25, 0.3) is 21.2 Å². The zero-order chi connectivity index (χ0) is 21.4. The average molecular weight is 431 g/mol. The Morgan fingerprint density at radius 2 is 1.97 bits per heavy atom. The van der Waals surface area contributed by atoms with Gasteiger partial charge in [0, 0.05) is 17.8 Å². The van der Waals surface area contributed by atoms with Crippen LogP contribution in [-0.2, 0) is 6.54 Å². The zero-order valence-electron chi connectivity index (χ0n) is 16.0. The van der Waals surface area contributed by atoms with Crippen LogP contribution < -0.4 is 10.5 Å². The molecule has 0 saturated heterocycles. The molecule has 1 amide bonds. The molecule has 152 valence electrons. The highest BCUT2D eigenvalue weighted by Crippen LogP contribution is 2.31. The van der Waals surface area contributed by atoms with Crippen LogP contribution in [0.1, 0.15) is 15.9 Å². The molecule has 3 heterocycles. The van der Waals surface area contributed by atoms with Crippen LogP contribution in [0.3, 0.4) is 0 Å². The predicted molar refractivity (Wildman–Crippen MR) is 117 cm³/mol. The second-order valence-corrected chi connectivity index (χ2v) is 7.86. The maximum atomic E-state index is 13.7. The Balaban J connectivity index is 1.63. The molecule has 0 spiro atoms. The minimum Gasteiger partial charge on any atom is -0.422 e. The van der Waals surface area contributed by atoms with Crippen molar-refractivity contribution in [2.45, 2.75) is 6.54 Å². The summed E-state index contributed by atoms with van der Waals surface area (Å²) in [4.78, 5) is 36.1. The molecule has 6 nitrogen and oxygen atoms in total. The summed E-state index contributed by atoms with van der Waals surface area (Å²) in [6.07, 6.45) is 3.27. The molecule has 0 radical (unpaired) electrons. The summed E-state index contributed by atoms with van der Waals surface area (Å²) in [6, 6.07) is 16.3. The van der Waals surface area contributed by atoms with E-state index >= 15 is 0 Å². The topological polar surface area (TPSA) is 76.3 Å². The lowest BCUT2D eigenvalue weighted by Gasteiger charge is -2.19. The van der Waals surface area contributed by atoms with E-state index in [4.69, 9.17) is 4.42 Å². The second-order valence-electron chi connectivity index (χ2n) is 6.85. The minimum atomic E-state index is -0.730. The highest BCUT2D eigenvalue weighted by molar-refractivity contribution is 7.22. The Morgan fingerprint density at radius 3 is 2.81 bits per heavy atom. The number of pyridine rings is 1. The van der Waals surface area contributed by atoms with Crippen molar-refractivity contribution in [3.63, 3.8) is 0 Å². The lowest BCUT2D eigenvalue weighted by Crippen LogP contribution is -2.33. The molecule has 0 aliphatic heterocycles. The van der Waals surface area contributed by atoms with Crippen molar-refractivity contribution in [1.82, 2.24) is 9.97 Å². The SMILES string of the molecule is O=C(c1cc2ccccc2oc1=O)N(Cc1cccnc1)c1nc2ccc(F)cc2s1. The molecule has 2 aromatic carbocycles. The molecular weight excluding hydrogens is 417 g/mol. The summed E-state index contributed by atoms with van der Waals surface area (Å²) in [5.74, 6) is -0.939. The van der Waals surface area contributed by atoms with E-state index < -0.39 is 11.5 Å². The molecule has 5 rings (SSSR count). The van der Waals surface area contributed by atoms with Gasteiger partial charge in [-0.25, -0.2) is 14.2 Å². The van der Waals surface area contributed by atoms with Crippen molar-refractivity contribution >= 4 is 43.6 Å². The van der Waals surface area contributed by atoms with Crippen LogP contribution in [0.4, 0.5) is 9.52 Å². The van der Waals surface area contributed by atoms with Gasteiger partial charge in [0.25, 0.3) is 5.91 Å². The Morgan fingerprint density at radius 1 is 1.10 bits per heavy atom. The summed E-state index contributed by atoms with van der Waals surface area (Å²) < 4.78 is 19.6. The second kappa shape index (κ2) is 7.73. The summed E-state index contributed by atoms with van der Waals surface area (Å²) in [6.45, 7) is 0.140. The molecule has 5 aromatic rings. The number of carbonyl (C=O) groups excluding carboxylic acids is 1. The lowest BCUT2D eigenvalue weighted by atomic mass is 10.1. The van der Waals surface area contributed by atoms with E-state index in [1.165, 1.54) is 34.4 Å². The molecule has 0 unspecified atom stereocenters. The maximum Gasteiger partial charge on any atom is 0.349 e. The number of hydrogen-bond donors (Lipinski definition) is 0. The molecule has 0 atom stereocenters. The van der Waals surface area contributed by atoms with Crippen molar-refractivity contribution in [1.29, 1.82) is 0 Å². The van der Waals surface area contributed by atoms with Crippen LogP contribution in [0.2, 0.25) is 0 Å². The number of amides is 1. The smallest absolute Gasteiger partial charge is 0.349 e. The number of anilines is 1. The first-order chi connectivity index (χ1) is 15.1. The van der Waals surface area contributed by atoms with Crippen LogP contribution in [0.5, 0.6) is 0 Å². The molecule has 8 heteroatoms. The number of nitrogens with zero attached hydrogens (tertiary/aromatic N) is 3. The summed E-state index contributed by atoms with van der Waals surface area (Å²) in [7, 11) is 0. The number of para-hydroxylation sites is 1. The van der Waals surface area contributed by atoms with Gasteiger partial charge < -0.3 is 4.42 Å². The first-order valence-corrected chi connectivity index (χ1v) is 10.2. The Bertz CT molecular complexity index is 1480. The number of rotatable bonds is 4. The highest BCUT2D eigenvalue weighted by atomic mass is 32.1. The predicted octanol–water partition coefficient (Wildman–Crippen LogP) is 4.78. The van der Waals surface area contributed by atoms with E-state index in [1.807, 2.05) is 6.07 Å². The monoisotopic (exact) mass is 431 g/mol.